The van der Waals surface area contributed by atoms with E-state index in [-0.39, 0.29) is 0 Å². The zero-order chi connectivity index (χ0) is 12.4. The van der Waals surface area contributed by atoms with Gasteiger partial charge in [-0.2, -0.15) is 0 Å². The molecule has 88 valence electrons. The van der Waals surface area contributed by atoms with Crippen LogP contribution in [-0.2, 0) is 0 Å². The van der Waals surface area contributed by atoms with Crippen LogP contribution >= 0.6 is 11.6 Å². The van der Waals surface area contributed by atoms with Gasteiger partial charge in [-0.1, -0.05) is 35.4 Å². The van der Waals surface area contributed by atoms with Crippen molar-refractivity contribution >= 4 is 28.7 Å². The van der Waals surface area contributed by atoms with E-state index in [1.165, 1.54) is 11.1 Å². The number of para-hydroxylation sites is 1. The summed E-state index contributed by atoms with van der Waals surface area (Å²) >= 11 is 5.98. The Bertz CT molecular complexity index is 550. The summed E-state index contributed by atoms with van der Waals surface area (Å²) in [5.41, 5.74) is 10.8. The predicted octanol–water partition coefficient (Wildman–Crippen LogP) is 4.28. The molecule has 2 aromatic rings. The highest BCUT2D eigenvalue weighted by molar-refractivity contribution is 6.33. The van der Waals surface area contributed by atoms with E-state index in [0.29, 0.717) is 10.7 Å². The third-order valence-electron chi connectivity index (χ3n) is 2.70. The normalized spacial score (nSPS) is 10.3. The fraction of sp³-hybridized carbons (Fsp3) is 0.143. The van der Waals surface area contributed by atoms with E-state index in [1.54, 1.807) is 6.07 Å². The standard InChI is InChI=1S/C14H15ClN2/c1-9-6-7-12(10(2)8-9)17-13-5-3-4-11(15)14(13)16/h3-8,17H,16H2,1-2H3. The van der Waals surface area contributed by atoms with Crippen molar-refractivity contribution in [1.82, 2.24) is 0 Å². The average Bonchev–Trinajstić information content (AvgIpc) is 2.28. The topological polar surface area (TPSA) is 38.0 Å². The molecule has 2 rings (SSSR count). The second-order valence-electron chi connectivity index (χ2n) is 4.14. The van der Waals surface area contributed by atoms with E-state index >= 15 is 0 Å². The van der Waals surface area contributed by atoms with Crippen LogP contribution in [0.15, 0.2) is 36.4 Å². The molecule has 0 aromatic heterocycles. The minimum Gasteiger partial charge on any atom is -0.396 e. The number of aryl methyl sites for hydroxylation is 2. The molecule has 0 bridgehead atoms. The highest BCUT2D eigenvalue weighted by atomic mass is 35.5. The Hall–Kier alpha value is -1.67. The highest BCUT2D eigenvalue weighted by Crippen LogP contribution is 2.30. The molecule has 17 heavy (non-hydrogen) atoms. The number of benzene rings is 2. The first-order valence-corrected chi connectivity index (χ1v) is 5.84. The average molecular weight is 247 g/mol. The van der Waals surface area contributed by atoms with Gasteiger partial charge in [0.05, 0.1) is 16.4 Å². The Morgan fingerprint density at radius 1 is 1.06 bits per heavy atom. The summed E-state index contributed by atoms with van der Waals surface area (Å²) in [6.45, 7) is 4.14. The molecule has 0 amide bonds. The van der Waals surface area contributed by atoms with Gasteiger partial charge in [-0.15, -0.1) is 0 Å². The van der Waals surface area contributed by atoms with Crippen molar-refractivity contribution < 1.29 is 0 Å². The lowest BCUT2D eigenvalue weighted by Gasteiger charge is -2.13. The van der Waals surface area contributed by atoms with Crippen LogP contribution in [0.3, 0.4) is 0 Å². The molecule has 0 aliphatic heterocycles. The number of hydrogen-bond donors (Lipinski definition) is 2. The summed E-state index contributed by atoms with van der Waals surface area (Å²) in [7, 11) is 0. The van der Waals surface area contributed by atoms with Crippen molar-refractivity contribution in [3.8, 4) is 0 Å². The Labute approximate surface area is 106 Å². The van der Waals surface area contributed by atoms with Crippen molar-refractivity contribution in [2.45, 2.75) is 13.8 Å². The number of hydrogen-bond acceptors (Lipinski definition) is 2. The second-order valence-corrected chi connectivity index (χ2v) is 4.55. The minimum atomic E-state index is 0.569. The van der Waals surface area contributed by atoms with Gasteiger partial charge in [0, 0.05) is 5.69 Å². The molecule has 0 radical (unpaired) electrons. The Kier molecular flexibility index (Phi) is 3.25. The van der Waals surface area contributed by atoms with Crippen LogP contribution in [-0.4, -0.2) is 0 Å². The van der Waals surface area contributed by atoms with Gasteiger partial charge in [0.2, 0.25) is 0 Å². The fourth-order valence-corrected chi connectivity index (χ4v) is 1.92. The van der Waals surface area contributed by atoms with Crippen molar-refractivity contribution in [1.29, 1.82) is 0 Å². The number of halogens is 1. The van der Waals surface area contributed by atoms with Gasteiger partial charge in [0.15, 0.2) is 0 Å². The van der Waals surface area contributed by atoms with Crippen molar-refractivity contribution in [2.75, 3.05) is 11.1 Å². The lowest BCUT2D eigenvalue weighted by atomic mass is 10.1. The number of nitrogens with one attached hydrogen (secondary N) is 1. The molecule has 0 spiro atoms. The van der Waals surface area contributed by atoms with Crippen molar-refractivity contribution in [3.05, 3.63) is 52.5 Å². The van der Waals surface area contributed by atoms with Crippen LogP contribution in [0, 0.1) is 13.8 Å². The lowest BCUT2D eigenvalue weighted by Crippen LogP contribution is -1.98. The molecule has 2 nitrogen and oxygen atoms in total. The first-order chi connectivity index (χ1) is 8.08. The fourth-order valence-electron chi connectivity index (χ4n) is 1.74. The molecule has 3 N–H and O–H groups in total. The molecule has 0 saturated carbocycles. The Morgan fingerprint density at radius 3 is 2.53 bits per heavy atom. The van der Waals surface area contributed by atoms with Crippen LogP contribution in [0.25, 0.3) is 0 Å². The maximum atomic E-state index is 5.98. The molecule has 0 fully saturated rings. The second kappa shape index (κ2) is 4.68. The Balaban J connectivity index is 2.35. The molecule has 0 aliphatic carbocycles. The molecule has 3 heteroatoms. The summed E-state index contributed by atoms with van der Waals surface area (Å²) in [4.78, 5) is 0. The van der Waals surface area contributed by atoms with Gasteiger partial charge in [0.25, 0.3) is 0 Å². The summed E-state index contributed by atoms with van der Waals surface area (Å²) in [5, 5.41) is 3.87. The molecule has 0 heterocycles. The summed E-state index contributed by atoms with van der Waals surface area (Å²) < 4.78 is 0. The quantitative estimate of drug-likeness (QED) is 0.776. The molecule has 0 saturated heterocycles. The molecular weight excluding hydrogens is 232 g/mol. The van der Waals surface area contributed by atoms with Gasteiger partial charge < -0.3 is 11.1 Å². The lowest BCUT2D eigenvalue weighted by molar-refractivity contribution is 1.37. The van der Waals surface area contributed by atoms with Gasteiger partial charge in [-0.25, -0.2) is 0 Å². The van der Waals surface area contributed by atoms with E-state index in [0.717, 1.165) is 11.4 Å². The van der Waals surface area contributed by atoms with E-state index in [1.807, 2.05) is 18.2 Å². The number of rotatable bonds is 2. The van der Waals surface area contributed by atoms with E-state index in [2.05, 4.69) is 31.3 Å². The maximum Gasteiger partial charge on any atom is 0.0742 e. The highest BCUT2D eigenvalue weighted by Gasteiger charge is 2.04. The van der Waals surface area contributed by atoms with Crippen LogP contribution in [0.2, 0.25) is 5.02 Å². The summed E-state index contributed by atoms with van der Waals surface area (Å²) in [6, 6.07) is 11.8. The Morgan fingerprint density at radius 2 is 1.82 bits per heavy atom. The zero-order valence-electron chi connectivity index (χ0n) is 9.92. The first kappa shape index (κ1) is 11.8. The van der Waals surface area contributed by atoms with E-state index in [4.69, 9.17) is 17.3 Å². The minimum absolute atomic E-state index is 0.569. The largest absolute Gasteiger partial charge is 0.396 e. The number of nitrogen functional groups attached to an aromatic ring is 1. The maximum absolute atomic E-state index is 5.98. The summed E-state index contributed by atoms with van der Waals surface area (Å²) in [6.07, 6.45) is 0. The monoisotopic (exact) mass is 246 g/mol. The van der Waals surface area contributed by atoms with Gasteiger partial charge in [-0.3, -0.25) is 0 Å². The summed E-state index contributed by atoms with van der Waals surface area (Å²) in [5.74, 6) is 0. The van der Waals surface area contributed by atoms with Crippen molar-refractivity contribution in [2.24, 2.45) is 0 Å². The SMILES string of the molecule is Cc1ccc(Nc2cccc(Cl)c2N)c(C)c1. The third-order valence-corrected chi connectivity index (χ3v) is 3.03. The molecule has 0 unspecified atom stereocenters. The van der Waals surface area contributed by atoms with Crippen LogP contribution in [0.1, 0.15) is 11.1 Å². The first-order valence-electron chi connectivity index (χ1n) is 5.46. The smallest absolute Gasteiger partial charge is 0.0742 e. The zero-order valence-corrected chi connectivity index (χ0v) is 10.7. The molecular formula is C14H15ClN2. The van der Waals surface area contributed by atoms with Crippen LogP contribution in [0.5, 0.6) is 0 Å². The molecule has 0 atom stereocenters. The van der Waals surface area contributed by atoms with E-state index < -0.39 is 0 Å². The number of nitrogens with two attached hydrogens (primary N) is 1. The van der Waals surface area contributed by atoms with Gasteiger partial charge >= 0.3 is 0 Å². The predicted molar refractivity (Wildman–Crippen MR) is 75.1 cm³/mol. The van der Waals surface area contributed by atoms with Crippen LogP contribution < -0.4 is 11.1 Å². The molecule has 0 aliphatic rings. The van der Waals surface area contributed by atoms with Gasteiger partial charge in [-0.05, 0) is 37.6 Å². The molecule has 2 aromatic carbocycles. The van der Waals surface area contributed by atoms with Crippen LogP contribution in [0.4, 0.5) is 17.1 Å². The van der Waals surface area contributed by atoms with E-state index in [9.17, 15) is 0 Å². The number of anilines is 3. The van der Waals surface area contributed by atoms with Gasteiger partial charge in [0.1, 0.15) is 0 Å². The van der Waals surface area contributed by atoms with Crippen molar-refractivity contribution in [3.63, 3.8) is 0 Å². The third kappa shape index (κ3) is 2.53.